The second-order valence-electron chi connectivity index (χ2n) is 5.13. The number of anilines is 2. The van der Waals surface area contributed by atoms with Gasteiger partial charge in [-0.2, -0.15) is 0 Å². The number of hydrogen-bond donors (Lipinski definition) is 2. The lowest BCUT2D eigenvalue weighted by molar-refractivity contribution is 0.970. The molecule has 0 amide bonds. The Hall–Kier alpha value is -2.75. The lowest BCUT2D eigenvalue weighted by atomic mass is 10.0. The molecule has 4 N–H and O–H groups in total. The molecule has 0 bridgehead atoms. The first-order valence-electron chi connectivity index (χ1n) is 6.86. The summed E-state index contributed by atoms with van der Waals surface area (Å²) in [5.74, 6) is 0.713. The normalized spacial score (nSPS) is 14.6. The van der Waals surface area contributed by atoms with Crippen LogP contribution in [0.15, 0.2) is 60.7 Å². The van der Waals surface area contributed by atoms with Gasteiger partial charge < -0.3 is 16.4 Å². The van der Waals surface area contributed by atoms with Gasteiger partial charge in [-0.3, -0.25) is 4.98 Å². The van der Waals surface area contributed by atoms with Crippen molar-refractivity contribution in [3.8, 4) is 0 Å². The van der Waals surface area contributed by atoms with Crippen LogP contribution < -0.4 is 16.4 Å². The molecule has 0 aliphatic carbocycles. The van der Waals surface area contributed by atoms with Crippen LogP contribution in [0.2, 0.25) is 0 Å². The summed E-state index contributed by atoms with van der Waals surface area (Å²) in [6, 6.07) is 9.83. The van der Waals surface area contributed by atoms with Crippen LogP contribution >= 0.6 is 0 Å². The van der Waals surface area contributed by atoms with Gasteiger partial charge in [-0.1, -0.05) is 18.2 Å². The van der Waals surface area contributed by atoms with Gasteiger partial charge >= 0.3 is 0 Å². The Kier molecular flexibility index (Phi) is 3.36. The van der Waals surface area contributed by atoms with Gasteiger partial charge in [-0.05, 0) is 47.9 Å². The molecule has 1 aliphatic rings. The fourth-order valence-electron chi connectivity index (χ4n) is 2.48. The van der Waals surface area contributed by atoms with E-state index in [9.17, 15) is 0 Å². The second-order valence-corrected chi connectivity index (χ2v) is 5.13. The summed E-state index contributed by atoms with van der Waals surface area (Å²) in [6.07, 6.45) is 7.73. The number of nitrogens with zero attached hydrogens (tertiary/aromatic N) is 2. The van der Waals surface area contributed by atoms with E-state index in [1.807, 2.05) is 42.6 Å². The quantitative estimate of drug-likeness (QED) is 0.829. The van der Waals surface area contributed by atoms with Gasteiger partial charge in [0.05, 0.1) is 0 Å². The predicted molar refractivity (Wildman–Crippen MR) is 87.4 cm³/mol. The summed E-state index contributed by atoms with van der Waals surface area (Å²) in [6.45, 7) is 2.78. The Morgan fingerprint density at radius 3 is 2.76 bits per heavy atom. The highest BCUT2D eigenvalue weighted by atomic mass is 15.2. The molecule has 0 unspecified atom stereocenters. The van der Waals surface area contributed by atoms with Crippen LogP contribution in [0.4, 0.5) is 11.4 Å². The maximum atomic E-state index is 6.24. The summed E-state index contributed by atoms with van der Waals surface area (Å²) in [7, 11) is 0. The molecule has 2 aromatic rings. The highest BCUT2D eigenvalue weighted by molar-refractivity contribution is 5.78. The standard InChI is InChI=1S/C17H18N4/c1-12-4-5-15(18)10-16(12)21-8-6-13(9-17(21)19)14-3-2-7-20-11-14/h2-7,9-11H,8,18-19H2,1H3. The Balaban J connectivity index is 1.92. The van der Waals surface area contributed by atoms with E-state index in [1.54, 1.807) is 6.20 Å². The Morgan fingerprint density at radius 2 is 2.05 bits per heavy atom. The third kappa shape index (κ3) is 2.60. The van der Waals surface area contributed by atoms with E-state index in [0.29, 0.717) is 5.82 Å². The molecule has 0 fully saturated rings. The van der Waals surface area contributed by atoms with Crippen LogP contribution in [0.1, 0.15) is 11.1 Å². The number of hydrogen-bond acceptors (Lipinski definition) is 4. The highest BCUT2D eigenvalue weighted by Crippen LogP contribution is 2.29. The van der Waals surface area contributed by atoms with Crippen molar-refractivity contribution < 1.29 is 0 Å². The number of nitrogens with two attached hydrogens (primary N) is 2. The number of nitrogen functional groups attached to an aromatic ring is 1. The molecular weight excluding hydrogens is 260 g/mol. The van der Waals surface area contributed by atoms with Gasteiger partial charge in [0, 0.05) is 30.3 Å². The van der Waals surface area contributed by atoms with Crippen molar-refractivity contribution in [1.29, 1.82) is 0 Å². The number of pyridine rings is 1. The first kappa shape index (κ1) is 13.2. The molecule has 4 nitrogen and oxygen atoms in total. The molecule has 1 aromatic carbocycles. The van der Waals surface area contributed by atoms with E-state index >= 15 is 0 Å². The Labute approximate surface area is 124 Å². The average molecular weight is 278 g/mol. The predicted octanol–water partition coefficient (Wildman–Crippen LogP) is 2.68. The monoisotopic (exact) mass is 278 g/mol. The minimum Gasteiger partial charge on any atom is -0.399 e. The number of aryl methyl sites for hydroxylation is 1. The maximum Gasteiger partial charge on any atom is 0.104 e. The molecule has 3 rings (SSSR count). The van der Waals surface area contributed by atoms with Gasteiger partial charge in [0.15, 0.2) is 0 Å². The van der Waals surface area contributed by atoms with Crippen LogP contribution in [0.25, 0.3) is 5.57 Å². The molecule has 21 heavy (non-hydrogen) atoms. The Bertz CT molecular complexity index is 717. The van der Waals surface area contributed by atoms with Crippen molar-refractivity contribution >= 4 is 16.9 Å². The fourth-order valence-corrected chi connectivity index (χ4v) is 2.48. The molecule has 2 heterocycles. The van der Waals surface area contributed by atoms with Crippen LogP contribution in [0.5, 0.6) is 0 Å². The SMILES string of the molecule is Cc1ccc(N)cc1N1CC=C(c2cccnc2)C=C1N. The second kappa shape index (κ2) is 5.32. The average Bonchev–Trinajstić information content (AvgIpc) is 2.51. The molecule has 0 spiro atoms. The van der Waals surface area contributed by atoms with E-state index in [1.165, 1.54) is 0 Å². The summed E-state index contributed by atoms with van der Waals surface area (Å²) in [5, 5.41) is 0. The number of rotatable bonds is 2. The van der Waals surface area contributed by atoms with Crippen molar-refractivity contribution in [3.05, 3.63) is 71.8 Å². The topological polar surface area (TPSA) is 68.2 Å². The van der Waals surface area contributed by atoms with E-state index in [4.69, 9.17) is 11.5 Å². The van der Waals surface area contributed by atoms with E-state index in [-0.39, 0.29) is 0 Å². The van der Waals surface area contributed by atoms with Crippen LogP contribution in [-0.4, -0.2) is 11.5 Å². The van der Waals surface area contributed by atoms with Crippen molar-refractivity contribution in [2.24, 2.45) is 5.73 Å². The largest absolute Gasteiger partial charge is 0.399 e. The van der Waals surface area contributed by atoms with Gasteiger partial charge in [0.1, 0.15) is 5.82 Å². The van der Waals surface area contributed by atoms with Crippen LogP contribution in [-0.2, 0) is 0 Å². The lowest BCUT2D eigenvalue weighted by Gasteiger charge is -2.29. The molecule has 0 atom stereocenters. The molecular formula is C17H18N4. The zero-order chi connectivity index (χ0) is 14.8. The number of benzene rings is 1. The zero-order valence-electron chi connectivity index (χ0n) is 12.0. The van der Waals surface area contributed by atoms with Crippen molar-refractivity contribution in [3.63, 3.8) is 0 Å². The first-order chi connectivity index (χ1) is 10.1. The molecule has 0 saturated carbocycles. The summed E-state index contributed by atoms with van der Waals surface area (Å²) in [4.78, 5) is 6.21. The molecule has 4 heteroatoms. The van der Waals surface area contributed by atoms with Gasteiger partial charge in [-0.25, -0.2) is 0 Å². The van der Waals surface area contributed by atoms with Gasteiger partial charge in [0.2, 0.25) is 0 Å². The number of allylic oxidation sites excluding steroid dienone is 2. The van der Waals surface area contributed by atoms with Crippen molar-refractivity contribution in [1.82, 2.24) is 4.98 Å². The summed E-state index contributed by atoms with van der Waals surface area (Å²) in [5.41, 5.74) is 17.2. The summed E-state index contributed by atoms with van der Waals surface area (Å²) >= 11 is 0. The summed E-state index contributed by atoms with van der Waals surface area (Å²) < 4.78 is 0. The maximum absolute atomic E-state index is 6.24. The highest BCUT2D eigenvalue weighted by Gasteiger charge is 2.16. The van der Waals surface area contributed by atoms with Crippen molar-refractivity contribution in [2.45, 2.75) is 6.92 Å². The Morgan fingerprint density at radius 1 is 1.19 bits per heavy atom. The smallest absolute Gasteiger partial charge is 0.104 e. The van der Waals surface area contributed by atoms with E-state index in [2.05, 4.69) is 22.9 Å². The third-order valence-electron chi connectivity index (χ3n) is 3.63. The minimum absolute atomic E-state index is 0.713. The van der Waals surface area contributed by atoms with Crippen molar-refractivity contribution in [2.75, 3.05) is 17.2 Å². The number of aromatic nitrogens is 1. The van der Waals surface area contributed by atoms with E-state index in [0.717, 1.165) is 34.6 Å². The van der Waals surface area contributed by atoms with E-state index < -0.39 is 0 Å². The first-order valence-corrected chi connectivity index (χ1v) is 6.86. The molecule has 0 radical (unpaired) electrons. The third-order valence-corrected chi connectivity index (χ3v) is 3.63. The van der Waals surface area contributed by atoms with Crippen LogP contribution in [0.3, 0.4) is 0 Å². The molecule has 106 valence electrons. The molecule has 1 aromatic heterocycles. The molecule has 1 aliphatic heterocycles. The lowest BCUT2D eigenvalue weighted by Crippen LogP contribution is -2.30. The van der Waals surface area contributed by atoms with Gasteiger partial charge in [0.25, 0.3) is 0 Å². The van der Waals surface area contributed by atoms with Gasteiger partial charge in [-0.15, -0.1) is 0 Å². The van der Waals surface area contributed by atoms with Crippen LogP contribution in [0, 0.1) is 6.92 Å². The fraction of sp³-hybridized carbons (Fsp3) is 0.118. The minimum atomic E-state index is 0.713. The molecule has 0 saturated heterocycles. The zero-order valence-corrected chi connectivity index (χ0v) is 12.0.